The maximum absolute atomic E-state index is 12.5. The van der Waals surface area contributed by atoms with Crippen molar-refractivity contribution < 1.29 is 18.9 Å². The summed E-state index contributed by atoms with van der Waals surface area (Å²) in [4.78, 5) is 35.6. The minimum absolute atomic E-state index is 0.128. The molecule has 0 unspecified atom stereocenters. The standard InChI is InChI=1S/C20H17N3O5/c1-13-8-9-14(11-18(13)23(26)27)19(24)22-17-7-3-2-6-16(17)20(25)21-12-15-5-4-10-28-15/h2-11H,12H2,1H3,(H,21,25)(H,22,24). The molecule has 0 spiro atoms. The lowest BCUT2D eigenvalue weighted by atomic mass is 10.1. The summed E-state index contributed by atoms with van der Waals surface area (Å²) in [5, 5.41) is 16.4. The number of amides is 2. The average Bonchev–Trinajstić information content (AvgIpc) is 3.20. The Morgan fingerprint density at radius 2 is 1.86 bits per heavy atom. The van der Waals surface area contributed by atoms with Gasteiger partial charge in [0.1, 0.15) is 5.76 Å². The van der Waals surface area contributed by atoms with Gasteiger partial charge >= 0.3 is 0 Å². The van der Waals surface area contributed by atoms with Crippen LogP contribution in [0.25, 0.3) is 0 Å². The molecule has 0 atom stereocenters. The number of anilines is 1. The van der Waals surface area contributed by atoms with Crippen molar-refractivity contribution in [3.8, 4) is 0 Å². The molecule has 0 fully saturated rings. The van der Waals surface area contributed by atoms with Crippen LogP contribution in [0.1, 0.15) is 32.0 Å². The fraction of sp³-hybridized carbons (Fsp3) is 0.100. The summed E-state index contributed by atoms with van der Waals surface area (Å²) in [5.41, 5.74) is 1.01. The fourth-order valence-corrected chi connectivity index (χ4v) is 2.61. The monoisotopic (exact) mass is 379 g/mol. The molecule has 8 nitrogen and oxygen atoms in total. The first-order valence-corrected chi connectivity index (χ1v) is 8.41. The molecule has 0 bridgehead atoms. The molecule has 0 aliphatic rings. The lowest BCUT2D eigenvalue weighted by Crippen LogP contribution is -2.24. The van der Waals surface area contributed by atoms with Gasteiger partial charge in [-0.05, 0) is 37.3 Å². The molecule has 2 aromatic carbocycles. The number of nitro groups is 1. The van der Waals surface area contributed by atoms with Crippen LogP contribution in [-0.4, -0.2) is 16.7 Å². The van der Waals surface area contributed by atoms with E-state index in [0.29, 0.717) is 17.0 Å². The molecule has 0 saturated carbocycles. The van der Waals surface area contributed by atoms with Crippen LogP contribution in [0.4, 0.5) is 11.4 Å². The van der Waals surface area contributed by atoms with Crippen molar-refractivity contribution in [1.29, 1.82) is 0 Å². The van der Waals surface area contributed by atoms with Gasteiger partial charge in [0, 0.05) is 17.2 Å². The van der Waals surface area contributed by atoms with Crippen LogP contribution in [0.5, 0.6) is 0 Å². The largest absolute Gasteiger partial charge is 0.467 e. The number of aryl methyl sites for hydroxylation is 1. The van der Waals surface area contributed by atoms with Crippen LogP contribution in [0.15, 0.2) is 65.3 Å². The molecule has 0 radical (unpaired) electrons. The van der Waals surface area contributed by atoms with Gasteiger partial charge in [0.25, 0.3) is 17.5 Å². The quantitative estimate of drug-likeness (QED) is 0.501. The van der Waals surface area contributed by atoms with Gasteiger partial charge in [-0.3, -0.25) is 19.7 Å². The van der Waals surface area contributed by atoms with Crippen molar-refractivity contribution in [1.82, 2.24) is 5.32 Å². The van der Waals surface area contributed by atoms with Gasteiger partial charge in [0.15, 0.2) is 0 Å². The summed E-state index contributed by atoms with van der Waals surface area (Å²) in [7, 11) is 0. The number of rotatable bonds is 6. The lowest BCUT2D eigenvalue weighted by molar-refractivity contribution is -0.385. The molecular formula is C20H17N3O5. The van der Waals surface area contributed by atoms with Gasteiger partial charge < -0.3 is 15.1 Å². The van der Waals surface area contributed by atoms with E-state index in [0.717, 1.165) is 0 Å². The number of nitrogens with zero attached hydrogens (tertiary/aromatic N) is 1. The second-order valence-electron chi connectivity index (χ2n) is 6.02. The van der Waals surface area contributed by atoms with Crippen molar-refractivity contribution in [2.24, 2.45) is 0 Å². The predicted octanol–water partition coefficient (Wildman–Crippen LogP) is 3.68. The molecule has 0 aliphatic carbocycles. The maximum Gasteiger partial charge on any atom is 0.273 e. The van der Waals surface area contributed by atoms with Crippen LogP contribution in [0, 0.1) is 17.0 Å². The van der Waals surface area contributed by atoms with E-state index < -0.39 is 10.8 Å². The smallest absolute Gasteiger partial charge is 0.273 e. The van der Waals surface area contributed by atoms with Gasteiger partial charge in [-0.15, -0.1) is 0 Å². The highest BCUT2D eigenvalue weighted by molar-refractivity contribution is 6.09. The SMILES string of the molecule is Cc1ccc(C(=O)Nc2ccccc2C(=O)NCc2ccco2)cc1[N+](=O)[O-]. The van der Waals surface area contributed by atoms with Crippen molar-refractivity contribution in [2.45, 2.75) is 13.5 Å². The highest BCUT2D eigenvalue weighted by Crippen LogP contribution is 2.21. The Morgan fingerprint density at radius 3 is 2.57 bits per heavy atom. The summed E-state index contributed by atoms with van der Waals surface area (Å²) in [6, 6.07) is 14.2. The zero-order valence-corrected chi connectivity index (χ0v) is 15.0. The second-order valence-corrected chi connectivity index (χ2v) is 6.02. The molecule has 2 N–H and O–H groups in total. The average molecular weight is 379 g/mol. The van der Waals surface area contributed by atoms with Crippen LogP contribution < -0.4 is 10.6 Å². The normalized spacial score (nSPS) is 10.3. The van der Waals surface area contributed by atoms with Gasteiger partial charge in [0.05, 0.1) is 29.0 Å². The third kappa shape index (κ3) is 4.24. The molecule has 1 aromatic heterocycles. The molecular weight excluding hydrogens is 362 g/mol. The third-order valence-corrected chi connectivity index (χ3v) is 4.09. The van der Waals surface area contributed by atoms with E-state index in [1.807, 2.05) is 0 Å². The first-order valence-electron chi connectivity index (χ1n) is 8.41. The topological polar surface area (TPSA) is 114 Å². The number of hydrogen-bond donors (Lipinski definition) is 2. The first-order chi connectivity index (χ1) is 13.5. The zero-order chi connectivity index (χ0) is 20.1. The molecule has 28 heavy (non-hydrogen) atoms. The molecule has 0 aliphatic heterocycles. The van der Waals surface area contributed by atoms with Gasteiger partial charge in [-0.2, -0.15) is 0 Å². The van der Waals surface area contributed by atoms with E-state index in [9.17, 15) is 19.7 Å². The minimum Gasteiger partial charge on any atom is -0.467 e. The third-order valence-electron chi connectivity index (χ3n) is 4.09. The second kappa shape index (κ2) is 8.17. The van der Waals surface area contributed by atoms with Crippen LogP contribution >= 0.6 is 0 Å². The van der Waals surface area contributed by atoms with E-state index in [1.54, 1.807) is 43.3 Å². The number of carbonyl (C=O) groups is 2. The highest BCUT2D eigenvalue weighted by Gasteiger charge is 2.17. The number of furan rings is 1. The summed E-state index contributed by atoms with van der Waals surface area (Å²) >= 11 is 0. The first kappa shape index (κ1) is 18.8. The molecule has 3 rings (SSSR count). The molecule has 3 aromatic rings. The summed E-state index contributed by atoms with van der Waals surface area (Å²) in [6.45, 7) is 1.80. The van der Waals surface area contributed by atoms with E-state index in [-0.39, 0.29) is 29.3 Å². The lowest BCUT2D eigenvalue weighted by Gasteiger charge is -2.11. The van der Waals surface area contributed by atoms with Crippen molar-refractivity contribution >= 4 is 23.2 Å². The van der Waals surface area contributed by atoms with Gasteiger partial charge in [-0.25, -0.2) is 0 Å². The van der Waals surface area contributed by atoms with Crippen molar-refractivity contribution in [3.05, 3.63) is 93.4 Å². The number of hydrogen-bond acceptors (Lipinski definition) is 5. The Balaban J connectivity index is 1.77. The molecule has 8 heteroatoms. The van der Waals surface area contributed by atoms with Crippen LogP contribution in [-0.2, 0) is 6.54 Å². The Morgan fingerprint density at radius 1 is 1.07 bits per heavy atom. The van der Waals surface area contributed by atoms with Crippen molar-refractivity contribution in [2.75, 3.05) is 5.32 Å². The number of benzene rings is 2. The number of carbonyl (C=O) groups excluding carboxylic acids is 2. The summed E-state index contributed by atoms with van der Waals surface area (Å²) in [5.74, 6) is -0.335. The summed E-state index contributed by atoms with van der Waals surface area (Å²) in [6.07, 6.45) is 1.51. The van der Waals surface area contributed by atoms with E-state index >= 15 is 0 Å². The molecule has 2 amide bonds. The van der Waals surface area contributed by atoms with Gasteiger partial charge in [0.2, 0.25) is 0 Å². The Bertz CT molecular complexity index is 1030. The Kier molecular flexibility index (Phi) is 5.50. The fourth-order valence-electron chi connectivity index (χ4n) is 2.61. The molecule has 1 heterocycles. The van der Waals surface area contributed by atoms with Crippen molar-refractivity contribution in [3.63, 3.8) is 0 Å². The highest BCUT2D eigenvalue weighted by atomic mass is 16.6. The van der Waals surface area contributed by atoms with Crippen LogP contribution in [0.2, 0.25) is 0 Å². The Labute approximate surface area is 160 Å². The molecule has 0 saturated heterocycles. The zero-order valence-electron chi connectivity index (χ0n) is 15.0. The van der Waals surface area contributed by atoms with E-state index in [1.165, 1.54) is 24.5 Å². The molecule has 142 valence electrons. The van der Waals surface area contributed by atoms with Crippen LogP contribution in [0.3, 0.4) is 0 Å². The summed E-state index contributed by atoms with van der Waals surface area (Å²) < 4.78 is 5.17. The predicted molar refractivity (Wildman–Crippen MR) is 102 cm³/mol. The number of nitrogens with one attached hydrogen (secondary N) is 2. The van der Waals surface area contributed by atoms with E-state index in [2.05, 4.69) is 10.6 Å². The Hall–Kier alpha value is -3.94. The number of para-hydroxylation sites is 1. The minimum atomic E-state index is -0.547. The number of nitro benzene ring substituents is 1. The maximum atomic E-state index is 12.5. The van der Waals surface area contributed by atoms with E-state index in [4.69, 9.17) is 4.42 Å². The van der Waals surface area contributed by atoms with Gasteiger partial charge in [-0.1, -0.05) is 18.2 Å².